The number of carbonyl (C=O) groups excluding carboxylic acids is 6. The van der Waals surface area contributed by atoms with Gasteiger partial charge in [0, 0.05) is 50.3 Å². The minimum absolute atomic E-state index is 0.00967. The maximum absolute atomic E-state index is 14.3. The van der Waals surface area contributed by atoms with Crippen molar-refractivity contribution < 1.29 is 99.1 Å². The molecule has 2 unspecified atom stereocenters. The van der Waals surface area contributed by atoms with Crippen molar-refractivity contribution >= 4 is 110 Å². The first-order chi connectivity index (χ1) is 69.2. The lowest BCUT2D eigenvalue weighted by Gasteiger charge is -2.30. The maximum Gasteiger partial charge on any atom is 0.345 e. The Labute approximate surface area is 839 Å². The van der Waals surface area contributed by atoms with Gasteiger partial charge in [0.2, 0.25) is 35.1 Å². The Balaban J connectivity index is 0.000000161. The van der Waals surface area contributed by atoms with E-state index in [0.29, 0.717) is 69.4 Å². The molecule has 2 saturated heterocycles. The molecule has 0 radical (unpaired) electrons. The number of pyridine rings is 1. The average Bonchev–Trinajstić information content (AvgIpc) is 1.62. The summed E-state index contributed by atoms with van der Waals surface area (Å²) in [6.45, 7) is 14.1. The number of nitrogens with one attached hydrogen (secondary N) is 4. The van der Waals surface area contributed by atoms with E-state index < -0.39 is 11.9 Å². The molecular formula is C114H125F2N9O19. The number of aromatic nitrogens is 2. The molecule has 0 bridgehead atoms. The number of ether oxygens (including phenoxy) is 13. The molecule has 6 N–H and O–H groups in total. The summed E-state index contributed by atoms with van der Waals surface area (Å²) >= 11 is 0. The largest absolute Gasteiger partial charge is 0.497 e. The van der Waals surface area contributed by atoms with Crippen molar-refractivity contribution in [1.29, 1.82) is 0 Å². The second-order valence-corrected chi connectivity index (χ2v) is 35.6. The predicted molar refractivity (Wildman–Crippen MR) is 558 cm³/mol. The quantitative estimate of drug-likeness (QED) is 0.0252. The van der Waals surface area contributed by atoms with Crippen LogP contribution in [-0.4, -0.2) is 200 Å². The van der Waals surface area contributed by atoms with Gasteiger partial charge in [0.05, 0.1) is 137 Å². The summed E-state index contributed by atoms with van der Waals surface area (Å²) in [5.74, 6) is 3.85. The molecule has 0 spiro atoms. The van der Waals surface area contributed by atoms with Crippen LogP contribution in [0.25, 0.3) is 68.9 Å². The van der Waals surface area contributed by atoms with Crippen LogP contribution in [0.1, 0.15) is 171 Å². The van der Waals surface area contributed by atoms with Crippen LogP contribution >= 0.6 is 0 Å². The topological polar surface area (TPSA) is 321 Å². The van der Waals surface area contributed by atoms with E-state index in [2.05, 4.69) is 56.2 Å². The third kappa shape index (κ3) is 24.2. The number of likely N-dealkylation sites (tertiary alicyclic amines) is 2. The van der Waals surface area contributed by atoms with Gasteiger partial charge in [-0.25, -0.2) is 13.6 Å². The number of halogens is 2. The number of nitrogens with two attached hydrogens (primary N) is 1. The Morgan fingerprint density at radius 2 is 0.771 bits per heavy atom. The van der Waals surface area contributed by atoms with Crippen LogP contribution in [0.15, 0.2) is 180 Å². The summed E-state index contributed by atoms with van der Waals surface area (Å²) in [5, 5.41) is 12.3. The maximum atomic E-state index is 14.3. The minimum Gasteiger partial charge on any atom is -0.497 e. The molecule has 2 aromatic heterocycles. The lowest BCUT2D eigenvalue weighted by atomic mass is 9.99. The molecule has 30 heteroatoms. The Hall–Kier alpha value is -15.7. The highest BCUT2D eigenvalue weighted by atomic mass is 19.1. The van der Waals surface area contributed by atoms with Gasteiger partial charge in [-0.15, -0.1) is 0 Å². The van der Waals surface area contributed by atoms with E-state index in [4.69, 9.17) is 67.3 Å². The Bertz CT molecular complexity index is 6770. The number of nitrogens with zero attached hydrogens (tertiary/aromatic N) is 4. The molecule has 2 fully saturated rings. The molecule has 10 aromatic rings. The molecule has 2 atom stereocenters. The Morgan fingerprint density at radius 3 is 1.12 bits per heavy atom. The van der Waals surface area contributed by atoms with E-state index in [1.54, 1.807) is 106 Å². The summed E-state index contributed by atoms with van der Waals surface area (Å²) < 4.78 is 101. The highest BCUT2D eigenvalue weighted by Gasteiger charge is 2.35. The van der Waals surface area contributed by atoms with Gasteiger partial charge in [-0.3, -0.25) is 29.0 Å². The zero-order valence-electron chi connectivity index (χ0n) is 85.3. The molecule has 8 aromatic carbocycles. The SMILES string of the molecule is COC(=O)c1c(OC)cc(/C=C2/C(C)=C(CC(=O)NC3CCN(C)C3)c3cc(OC)ccc32)cc1OC.COc1cc(/C=C2/C(C)=C(CC(=O)NC3CCCN(C)C3)c3cc(F)ccc32)cc(OC)c1OC.COc1cc(/C=C2/C(C)=C(CC(=O)NCc3cccn3C)c3cc(F)ccc32)cc(OC)c1C(N)=O.COc1ccc2c(c1)C(CC(=O)Nc1cncc(C)c1)=C(C)/C2=C/c1cc(OC)c(OC)c(OC)c1. The molecular weight excluding hydrogens is 1840 g/mol. The lowest BCUT2D eigenvalue weighted by Crippen LogP contribution is -2.46. The van der Waals surface area contributed by atoms with Crippen molar-refractivity contribution in [2.75, 3.05) is 138 Å². The Morgan fingerprint density at radius 1 is 0.403 bits per heavy atom. The van der Waals surface area contributed by atoms with E-state index in [1.165, 1.54) is 59.8 Å². The number of primary amides is 1. The van der Waals surface area contributed by atoms with Crippen LogP contribution in [-0.2, 0) is 37.5 Å². The molecule has 5 amide bonds. The molecule has 6 aliphatic rings. The van der Waals surface area contributed by atoms with E-state index in [1.807, 2.05) is 150 Å². The normalized spacial score (nSPS) is 16.0. The molecule has 4 heterocycles. The van der Waals surface area contributed by atoms with Crippen molar-refractivity contribution in [1.82, 2.24) is 35.3 Å². The van der Waals surface area contributed by atoms with E-state index in [-0.39, 0.29) is 95.7 Å². The van der Waals surface area contributed by atoms with Gasteiger partial charge in [0.15, 0.2) is 23.0 Å². The summed E-state index contributed by atoms with van der Waals surface area (Å²) in [5.41, 5.74) is 30.0. The fourth-order valence-corrected chi connectivity index (χ4v) is 19.1. The first-order valence-electron chi connectivity index (χ1n) is 46.9. The molecule has 2 aliphatic heterocycles. The number of allylic oxidation sites excluding steroid dienone is 8. The monoisotopic (exact) mass is 1960 g/mol. The molecule has 4 aliphatic carbocycles. The van der Waals surface area contributed by atoms with Crippen LogP contribution in [0.2, 0.25) is 0 Å². The number of amides is 5. The highest BCUT2D eigenvalue weighted by Crippen LogP contribution is 2.52. The molecule has 754 valence electrons. The molecule has 28 nitrogen and oxygen atoms in total. The summed E-state index contributed by atoms with van der Waals surface area (Å²) in [6.07, 6.45) is 17.1. The van der Waals surface area contributed by atoms with Gasteiger partial charge < -0.3 is 103 Å². The number of hydrogen-bond acceptors (Lipinski definition) is 22. The van der Waals surface area contributed by atoms with Crippen molar-refractivity contribution in [2.45, 2.75) is 98.2 Å². The van der Waals surface area contributed by atoms with Crippen molar-refractivity contribution in [3.63, 3.8) is 0 Å². The summed E-state index contributed by atoms with van der Waals surface area (Å²) in [4.78, 5) is 84.8. The predicted octanol–water partition coefficient (Wildman–Crippen LogP) is 18.9. The van der Waals surface area contributed by atoms with Gasteiger partial charge in [0.1, 0.15) is 57.3 Å². The third-order valence-corrected chi connectivity index (χ3v) is 26.4. The van der Waals surface area contributed by atoms with Crippen LogP contribution in [0.4, 0.5) is 14.5 Å². The molecule has 0 saturated carbocycles. The van der Waals surface area contributed by atoms with Gasteiger partial charge >= 0.3 is 5.97 Å². The van der Waals surface area contributed by atoms with Crippen molar-refractivity contribution in [3.05, 3.63) is 281 Å². The van der Waals surface area contributed by atoms with Crippen LogP contribution in [0.3, 0.4) is 0 Å². The number of fused-ring (bicyclic) bond motifs is 4. The van der Waals surface area contributed by atoms with E-state index in [0.717, 1.165) is 191 Å². The van der Waals surface area contributed by atoms with Crippen LogP contribution in [0.5, 0.6) is 69.0 Å². The average molecular weight is 1960 g/mol. The number of benzene rings is 8. The second-order valence-electron chi connectivity index (χ2n) is 35.6. The number of methoxy groups -OCH3 is 13. The van der Waals surface area contributed by atoms with Crippen molar-refractivity contribution in [3.8, 4) is 69.0 Å². The van der Waals surface area contributed by atoms with Crippen molar-refractivity contribution in [2.24, 2.45) is 12.8 Å². The number of piperidine rings is 1. The lowest BCUT2D eigenvalue weighted by molar-refractivity contribution is -0.121. The zero-order valence-corrected chi connectivity index (χ0v) is 85.3. The number of anilines is 1. The number of carbonyl (C=O) groups is 6. The minimum atomic E-state index is -0.663. The second kappa shape index (κ2) is 47.7. The first kappa shape index (κ1) is 106. The van der Waals surface area contributed by atoms with Gasteiger partial charge in [-0.2, -0.15) is 0 Å². The highest BCUT2D eigenvalue weighted by molar-refractivity contribution is 6.13. The molecule has 144 heavy (non-hydrogen) atoms. The number of likely N-dealkylation sites (N-methyl/N-ethyl adjacent to an activating group) is 2. The van der Waals surface area contributed by atoms with Gasteiger partial charge in [0.25, 0.3) is 5.91 Å². The van der Waals surface area contributed by atoms with Gasteiger partial charge in [-0.1, -0.05) is 24.3 Å². The molecule has 16 rings (SSSR count). The third-order valence-electron chi connectivity index (χ3n) is 26.4. The van der Waals surface area contributed by atoms with E-state index in [9.17, 15) is 37.5 Å². The number of rotatable bonds is 31. The fourth-order valence-electron chi connectivity index (χ4n) is 19.1. The van der Waals surface area contributed by atoms with Gasteiger partial charge in [-0.05, 0) is 360 Å². The first-order valence-corrected chi connectivity index (χ1v) is 46.9. The fraction of sp³-hybridized carbons (Fsp3) is 0.307. The van der Waals surface area contributed by atoms with Crippen LogP contribution < -0.4 is 83.8 Å². The number of hydrogen-bond donors (Lipinski definition) is 5. The summed E-state index contributed by atoms with van der Waals surface area (Å²) in [6, 6.07) is 41.7. The van der Waals surface area contributed by atoms with E-state index >= 15 is 0 Å². The smallest absolute Gasteiger partial charge is 0.345 e. The standard InChI is InChI=1S/C29H34N2O6.C29H30N2O5.C28H28FN3O4.C28H33FN2O4/c1-17-22(11-18-12-25(35-4)28(29(33)37-6)26(13-18)36-5)21-8-7-20(34-3)14-24(21)23(17)15-27(32)30-19-9-10-31(2)16-19;1-17-9-20(16-30-15-17)31-28(32)14-24-18(2)23(22-8-7-21(33-3)13-25(22)24)10-19-11-26(34-4)29(36-6)27(12-19)35-5;1-16-21(10-17-11-24(35-3)27(28(30)34)25(12-17)36-4)20-8-7-18(29)13-23(20)22(16)14-26(33)31-15-19-6-5-9-32(19)2;1-17-22(11-18-12-25(33-3)28(35-5)26(13-18)34-4)21-9-8-19(29)14-24(21)23(17)15-27(32)30-20-7-6-10-31(2)16-20/h7-8,11-14,19H,9-10,15-16H2,1-6H3,(H,30,32);7-13,15-16H,14H2,1-6H3,(H,31,32);5-13H,14-15H2,1-4H3,(H2,30,34)(H,31,33);8-9,11-14,20H,6-7,10,15-16H2,1-5H3,(H,30,32)/b22-11-;23-10-;21-10-;22-11-. The van der Waals surface area contributed by atoms with Crippen LogP contribution in [0, 0.1) is 18.6 Å². The number of esters is 1. The zero-order chi connectivity index (χ0) is 104. The summed E-state index contributed by atoms with van der Waals surface area (Å²) in [7, 11) is 26.0. The number of aryl methyl sites for hydroxylation is 2. The Kier molecular flexibility index (Phi) is 35.0.